The van der Waals surface area contributed by atoms with Gasteiger partial charge in [-0.25, -0.2) is 4.39 Å². The summed E-state index contributed by atoms with van der Waals surface area (Å²) in [6.07, 6.45) is 1.09. The lowest BCUT2D eigenvalue weighted by Crippen LogP contribution is -2.27. The monoisotopic (exact) mass is 327 g/mol. The maximum Gasteiger partial charge on any atom is 0.119 e. The molecule has 3 heteroatoms. The summed E-state index contributed by atoms with van der Waals surface area (Å²) < 4.78 is 19.1. The van der Waals surface area contributed by atoms with Crippen molar-refractivity contribution in [2.24, 2.45) is 5.92 Å². The summed E-state index contributed by atoms with van der Waals surface area (Å²) in [7, 11) is 0. The highest BCUT2D eigenvalue weighted by molar-refractivity contribution is 5.28. The lowest BCUT2D eigenvalue weighted by atomic mass is 10.0. The maximum absolute atomic E-state index is 13.2. The molecule has 128 valence electrons. The number of alkyl halides is 1. The quantitative estimate of drug-likeness (QED) is 0.743. The van der Waals surface area contributed by atoms with Crippen LogP contribution in [0.25, 0.3) is 0 Å². The van der Waals surface area contributed by atoms with Gasteiger partial charge in [0.1, 0.15) is 18.5 Å². The largest absolute Gasteiger partial charge is 0.489 e. The molecule has 2 atom stereocenters. The van der Waals surface area contributed by atoms with Crippen LogP contribution in [-0.4, -0.2) is 30.7 Å². The Morgan fingerprint density at radius 2 is 1.83 bits per heavy atom. The van der Waals surface area contributed by atoms with Crippen molar-refractivity contribution in [1.82, 2.24) is 4.90 Å². The second-order valence-electron chi connectivity index (χ2n) is 6.87. The van der Waals surface area contributed by atoms with Gasteiger partial charge in [0.25, 0.3) is 0 Å². The van der Waals surface area contributed by atoms with Crippen molar-refractivity contribution in [3.8, 4) is 5.75 Å². The van der Waals surface area contributed by atoms with Crippen LogP contribution in [0, 0.1) is 5.92 Å². The Bertz CT molecular complexity index is 613. The summed E-state index contributed by atoms with van der Waals surface area (Å²) in [6.45, 7) is 5.32. The Morgan fingerprint density at radius 3 is 2.50 bits per heavy atom. The summed E-state index contributed by atoms with van der Waals surface area (Å²) in [4.78, 5) is 2.24. The molecule has 0 radical (unpaired) electrons. The molecular weight excluding hydrogens is 301 g/mol. The van der Waals surface area contributed by atoms with Gasteiger partial charge in [-0.3, -0.25) is 0 Å². The molecule has 2 unspecified atom stereocenters. The third-order valence-electron chi connectivity index (χ3n) is 4.54. The van der Waals surface area contributed by atoms with E-state index in [-0.39, 0.29) is 0 Å². The molecule has 0 N–H and O–H groups in total. The van der Waals surface area contributed by atoms with E-state index in [9.17, 15) is 4.39 Å². The minimum absolute atomic E-state index is 0.534. The van der Waals surface area contributed by atoms with Crippen LogP contribution in [0.5, 0.6) is 5.75 Å². The maximum atomic E-state index is 13.2. The van der Waals surface area contributed by atoms with Gasteiger partial charge in [0, 0.05) is 19.6 Å². The summed E-state index contributed by atoms with van der Waals surface area (Å²) in [5, 5.41) is 0. The molecule has 24 heavy (non-hydrogen) atoms. The molecule has 1 aliphatic heterocycles. The van der Waals surface area contributed by atoms with Gasteiger partial charge in [0.15, 0.2) is 0 Å². The fourth-order valence-electron chi connectivity index (χ4n) is 3.32. The highest BCUT2D eigenvalue weighted by atomic mass is 19.1. The van der Waals surface area contributed by atoms with Gasteiger partial charge >= 0.3 is 0 Å². The van der Waals surface area contributed by atoms with Gasteiger partial charge in [-0.2, -0.15) is 0 Å². The second kappa shape index (κ2) is 8.29. The van der Waals surface area contributed by atoms with Crippen molar-refractivity contribution in [3.63, 3.8) is 0 Å². The normalized spacial score (nSPS) is 19.3. The number of hydrogen-bond donors (Lipinski definition) is 0. The molecular formula is C21H26FNO. The third-order valence-corrected chi connectivity index (χ3v) is 4.54. The van der Waals surface area contributed by atoms with Gasteiger partial charge in [0.2, 0.25) is 0 Å². The van der Waals surface area contributed by atoms with E-state index in [1.807, 2.05) is 30.3 Å². The molecule has 0 bridgehead atoms. The molecule has 0 amide bonds. The predicted molar refractivity (Wildman–Crippen MR) is 96.0 cm³/mol. The summed E-state index contributed by atoms with van der Waals surface area (Å²) in [6, 6.07) is 18.5. The third kappa shape index (κ3) is 5.07. The van der Waals surface area contributed by atoms with Gasteiger partial charge in [-0.05, 0) is 42.0 Å². The van der Waals surface area contributed by atoms with E-state index in [0.29, 0.717) is 25.5 Å². The van der Waals surface area contributed by atoms with Crippen LogP contribution >= 0.6 is 0 Å². The predicted octanol–water partition coefficient (Wildman–Crippen LogP) is 4.49. The Morgan fingerprint density at radius 1 is 1.08 bits per heavy atom. The van der Waals surface area contributed by atoms with Crippen molar-refractivity contribution in [3.05, 3.63) is 65.7 Å². The fraction of sp³-hybridized carbons (Fsp3) is 0.429. The van der Waals surface area contributed by atoms with E-state index < -0.39 is 6.17 Å². The summed E-state index contributed by atoms with van der Waals surface area (Å²) in [5.74, 6) is 1.43. The topological polar surface area (TPSA) is 12.5 Å². The average Bonchev–Trinajstić information content (AvgIpc) is 3.00. The number of halogens is 1. The van der Waals surface area contributed by atoms with Crippen molar-refractivity contribution in [2.75, 3.05) is 19.6 Å². The minimum atomic E-state index is -0.627. The molecule has 0 aliphatic carbocycles. The van der Waals surface area contributed by atoms with Crippen LogP contribution in [0.2, 0.25) is 0 Å². The molecule has 1 aliphatic rings. The van der Waals surface area contributed by atoms with Gasteiger partial charge in [-0.1, -0.05) is 49.4 Å². The van der Waals surface area contributed by atoms with Crippen LogP contribution in [0.3, 0.4) is 0 Å². The van der Waals surface area contributed by atoms with Crippen LogP contribution in [0.15, 0.2) is 54.6 Å². The molecule has 0 spiro atoms. The molecule has 2 aromatic carbocycles. The first-order valence-electron chi connectivity index (χ1n) is 8.81. The Balaban J connectivity index is 1.45. The first kappa shape index (κ1) is 17.0. The molecule has 1 fully saturated rings. The van der Waals surface area contributed by atoms with Crippen molar-refractivity contribution >= 4 is 0 Å². The van der Waals surface area contributed by atoms with E-state index >= 15 is 0 Å². The molecule has 0 saturated carbocycles. The number of hydrogen-bond acceptors (Lipinski definition) is 2. The van der Waals surface area contributed by atoms with E-state index in [1.54, 1.807) is 0 Å². The second-order valence-corrected chi connectivity index (χ2v) is 6.87. The first-order chi connectivity index (χ1) is 11.7. The fourth-order valence-corrected chi connectivity index (χ4v) is 3.32. The summed E-state index contributed by atoms with van der Waals surface area (Å²) in [5.41, 5.74) is 2.48. The van der Waals surface area contributed by atoms with Gasteiger partial charge in [0.05, 0.1) is 0 Å². The van der Waals surface area contributed by atoms with Gasteiger partial charge < -0.3 is 9.64 Å². The van der Waals surface area contributed by atoms with E-state index in [2.05, 4.69) is 36.1 Å². The lowest BCUT2D eigenvalue weighted by molar-refractivity contribution is 0.257. The summed E-state index contributed by atoms with van der Waals surface area (Å²) >= 11 is 0. The Kier molecular flexibility index (Phi) is 5.86. The number of likely N-dealkylation sites (tertiary alicyclic amines) is 1. The van der Waals surface area contributed by atoms with Crippen LogP contribution in [0.1, 0.15) is 24.5 Å². The Hall–Kier alpha value is -1.87. The zero-order chi connectivity index (χ0) is 16.8. The molecule has 2 aromatic rings. The van der Waals surface area contributed by atoms with Crippen LogP contribution < -0.4 is 4.74 Å². The number of nitrogens with zero attached hydrogens (tertiary/aromatic N) is 1. The van der Waals surface area contributed by atoms with Crippen molar-refractivity contribution in [2.45, 2.75) is 32.5 Å². The zero-order valence-corrected chi connectivity index (χ0v) is 14.3. The van der Waals surface area contributed by atoms with Crippen LogP contribution in [-0.2, 0) is 13.0 Å². The van der Waals surface area contributed by atoms with Gasteiger partial charge in [-0.15, -0.1) is 0 Å². The lowest BCUT2D eigenvalue weighted by Gasteiger charge is -2.20. The molecule has 1 heterocycles. The minimum Gasteiger partial charge on any atom is -0.489 e. The average molecular weight is 327 g/mol. The number of benzene rings is 2. The van der Waals surface area contributed by atoms with E-state index in [1.165, 1.54) is 11.1 Å². The first-order valence-corrected chi connectivity index (χ1v) is 8.81. The molecule has 2 nitrogen and oxygen atoms in total. The molecule has 0 aromatic heterocycles. The molecule has 1 saturated heterocycles. The smallest absolute Gasteiger partial charge is 0.119 e. The standard InChI is InChI=1S/C21H26FNO/c1-17(14-23-12-11-20(22)15-23)13-18-7-9-21(10-8-18)24-16-19-5-3-2-4-6-19/h2-10,17,20H,11-16H2,1H3. The van der Waals surface area contributed by atoms with E-state index in [0.717, 1.165) is 25.3 Å². The van der Waals surface area contributed by atoms with Crippen molar-refractivity contribution < 1.29 is 9.13 Å². The number of ether oxygens (including phenoxy) is 1. The van der Waals surface area contributed by atoms with E-state index in [4.69, 9.17) is 4.74 Å². The molecule has 3 rings (SSSR count). The number of rotatable bonds is 7. The highest BCUT2D eigenvalue weighted by Gasteiger charge is 2.22. The SMILES string of the molecule is CC(Cc1ccc(OCc2ccccc2)cc1)CN1CCC(F)C1. The Labute approximate surface area is 144 Å². The highest BCUT2D eigenvalue weighted by Crippen LogP contribution is 2.19. The zero-order valence-electron chi connectivity index (χ0n) is 14.3. The van der Waals surface area contributed by atoms with Crippen molar-refractivity contribution in [1.29, 1.82) is 0 Å². The van der Waals surface area contributed by atoms with Crippen LogP contribution in [0.4, 0.5) is 4.39 Å².